The lowest BCUT2D eigenvalue weighted by Gasteiger charge is -2.59. The maximum Gasteiger partial charge on any atom is 0.312 e. The fourth-order valence-corrected chi connectivity index (χ4v) is 5.97. The minimum Gasteiger partial charge on any atom is -0.458 e. The lowest BCUT2D eigenvalue weighted by molar-refractivity contribution is -0.208. The third-order valence-electron chi connectivity index (χ3n) is 7.46. The maximum absolute atomic E-state index is 13.0. The molecule has 2 saturated carbocycles. The number of rotatable bonds is 6. The van der Waals surface area contributed by atoms with Crippen molar-refractivity contribution in [3.05, 3.63) is 0 Å². The fourth-order valence-electron chi connectivity index (χ4n) is 5.97. The van der Waals surface area contributed by atoms with Crippen molar-refractivity contribution in [3.63, 3.8) is 0 Å². The number of carbonyl (C=O) groups excluding carboxylic acids is 1. The van der Waals surface area contributed by atoms with E-state index in [0.717, 1.165) is 37.0 Å². The van der Waals surface area contributed by atoms with Gasteiger partial charge in [0.05, 0.1) is 5.41 Å². The van der Waals surface area contributed by atoms with Crippen LogP contribution in [0.3, 0.4) is 0 Å². The van der Waals surface area contributed by atoms with E-state index in [-0.39, 0.29) is 22.4 Å². The molecule has 2 heteroatoms. The molecule has 0 saturated heterocycles. The Balaban J connectivity index is 2.38. The van der Waals surface area contributed by atoms with E-state index in [1.807, 2.05) is 13.8 Å². The van der Waals surface area contributed by atoms with Gasteiger partial charge in [0.15, 0.2) is 0 Å². The van der Waals surface area contributed by atoms with Crippen molar-refractivity contribution < 1.29 is 9.53 Å². The molecule has 2 fully saturated rings. The molecular weight excluding hydrogens is 296 g/mol. The molecule has 2 aliphatic carbocycles. The van der Waals surface area contributed by atoms with Crippen molar-refractivity contribution in [2.75, 3.05) is 0 Å². The van der Waals surface area contributed by atoms with Crippen molar-refractivity contribution in [3.8, 4) is 0 Å². The van der Waals surface area contributed by atoms with Crippen LogP contribution in [0.1, 0.15) is 99.8 Å². The third-order valence-corrected chi connectivity index (χ3v) is 7.46. The van der Waals surface area contributed by atoms with Gasteiger partial charge >= 0.3 is 5.97 Å². The highest BCUT2D eigenvalue weighted by atomic mass is 16.6. The summed E-state index contributed by atoms with van der Waals surface area (Å²) in [6.45, 7) is 15.4. The van der Waals surface area contributed by atoms with E-state index in [0.29, 0.717) is 0 Å². The van der Waals surface area contributed by atoms with E-state index < -0.39 is 0 Å². The molecule has 0 N–H and O–H groups in total. The lowest BCUT2D eigenvalue weighted by Crippen LogP contribution is -2.57. The van der Waals surface area contributed by atoms with Gasteiger partial charge in [-0.3, -0.25) is 4.79 Å². The highest BCUT2D eigenvalue weighted by molar-refractivity contribution is 5.76. The van der Waals surface area contributed by atoms with Gasteiger partial charge in [0.25, 0.3) is 0 Å². The largest absolute Gasteiger partial charge is 0.458 e. The third kappa shape index (κ3) is 3.40. The minimum absolute atomic E-state index is 0.0103. The van der Waals surface area contributed by atoms with Gasteiger partial charge in [-0.25, -0.2) is 0 Å². The maximum atomic E-state index is 13.0. The summed E-state index contributed by atoms with van der Waals surface area (Å²) >= 11 is 0. The van der Waals surface area contributed by atoms with Gasteiger partial charge in [0, 0.05) is 5.41 Å². The first-order chi connectivity index (χ1) is 11.1. The smallest absolute Gasteiger partial charge is 0.312 e. The first kappa shape index (κ1) is 19.8. The number of hydrogen-bond acceptors (Lipinski definition) is 2. The standard InChI is InChI=1S/C22H40O2/c1-8-20(6,7)19(23)24-22(9-2,10-3)21-13-16(4)11-18(15-21)12-17(5)14-21/h16-18H,8-15H2,1-7H3. The number of ether oxygens (including phenoxy) is 1. The molecule has 2 unspecified atom stereocenters. The molecule has 0 spiro atoms. The zero-order valence-electron chi connectivity index (χ0n) is 17.2. The van der Waals surface area contributed by atoms with Gasteiger partial charge in [-0.1, -0.05) is 34.6 Å². The van der Waals surface area contributed by atoms with E-state index in [1.165, 1.54) is 32.1 Å². The molecular formula is C22H40O2. The average molecular weight is 337 g/mol. The highest BCUT2D eigenvalue weighted by Gasteiger charge is 2.57. The molecule has 0 aliphatic heterocycles. The Morgan fingerprint density at radius 1 is 0.958 bits per heavy atom. The first-order valence-electron chi connectivity index (χ1n) is 10.4. The Morgan fingerprint density at radius 3 is 1.88 bits per heavy atom. The fraction of sp³-hybridized carbons (Fsp3) is 0.955. The van der Waals surface area contributed by atoms with Crippen LogP contribution < -0.4 is 0 Å². The van der Waals surface area contributed by atoms with Gasteiger partial charge in [-0.15, -0.1) is 0 Å². The summed E-state index contributed by atoms with van der Waals surface area (Å²) in [4.78, 5) is 13.0. The Hall–Kier alpha value is -0.530. The van der Waals surface area contributed by atoms with Gasteiger partial charge in [0.2, 0.25) is 0 Å². The zero-order chi connectivity index (χ0) is 18.2. The van der Waals surface area contributed by atoms with Crippen LogP contribution in [0.2, 0.25) is 0 Å². The summed E-state index contributed by atoms with van der Waals surface area (Å²) in [5.41, 5.74) is -0.472. The molecule has 0 aromatic rings. The van der Waals surface area contributed by atoms with E-state index >= 15 is 0 Å². The summed E-state index contributed by atoms with van der Waals surface area (Å²) < 4.78 is 6.47. The summed E-state index contributed by atoms with van der Waals surface area (Å²) in [6, 6.07) is 0. The second kappa shape index (κ2) is 7.00. The Bertz CT molecular complexity index is 427. The van der Waals surface area contributed by atoms with Crippen LogP contribution in [0.4, 0.5) is 0 Å². The second-order valence-corrected chi connectivity index (χ2v) is 9.77. The molecule has 0 radical (unpaired) electrons. The van der Waals surface area contributed by atoms with Gasteiger partial charge in [-0.05, 0) is 83.0 Å². The van der Waals surface area contributed by atoms with E-state index in [2.05, 4.69) is 34.6 Å². The van der Waals surface area contributed by atoms with Crippen LogP contribution >= 0.6 is 0 Å². The number of fused-ring (bicyclic) bond motifs is 2. The second-order valence-electron chi connectivity index (χ2n) is 9.77. The SMILES string of the molecule is CCC(C)(C)C(=O)OC(CC)(CC)C12CC(C)CC(CC(C)C1)C2. The molecule has 24 heavy (non-hydrogen) atoms. The molecule has 2 bridgehead atoms. The molecule has 0 aromatic heterocycles. The molecule has 2 rings (SSSR count). The molecule has 140 valence electrons. The van der Waals surface area contributed by atoms with Crippen molar-refractivity contribution in [2.24, 2.45) is 28.6 Å². The molecule has 0 amide bonds. The summed E-state index contributed by atoms with van der Waals surface area (Å²) in [5.74, 6) is 2.35. The minimum atomic E-state index is -0.383. The highest BCUT2D eigenvalue weighted by Crippen LogP contribution is 2.60. The number of hydrogen-bond donors (Lipinski definition) is 0. The quantitative estimate of drug-likeness (QED) is 0.526. The van der Waals surface area contributed by atoms with Gasteiger partial charge in [-0.2, -0.15) is 0 Å². The van der Waals surface area contributed by atoms with E-state index in [1.54, 1.807) is 0 Å². The number of carbonyl (C=O) groups is 1. The van der Waals surface area contributed by atoms with Gasteiger partial charge < -0.3 is 4.74 Å². The normalized spacial score (nSPS) is 34.0. The molecule has 0 aromatic carbocycles. The summed E-state index contributed by atoms with van der Waals surface area (Å²) in [5, 5.41) is 0. The predicted molar refractivity (Wildman–Crippen MR) is 101 cm³/mol. The molecule has 0 heterocycles. The van der Waals surface area contributed by atoms with Crippen LogP contribution in [-0.4, -0.2) is 11.6 Å². The van der Waals surface area contributed by atoms with Crippen molar-refractivity contribution >= 4 is 5.97 Å². The predicted octanol–water partition coefficient (Wildman–Crippen LogP) is 6.38. The van der Waals surface area contributed by atoms with Crippen molar-refractivity contribution in [1.82, 2.24) is 0 Å². The molecule has 2 atom stereocenters. The lowest BCUT2D eigenvalue weighted by atomic mass is 9.50. The van der Waals surface area contributed by atoms with Crippen molar-refractivity contribution in [1.29, 1.82) is 0 Å². The van der Waals surface area contributed by atoms with Crippen LogP contribution in [0.25, 0.3) is 0 Å². The zero-order valence-corrected chi connectivity index (χ0v) is 17.2. The van der Waals surface area contributed by atoms with E-state index in [4.69, 9.17) is 4.74 Å². The van der Waals surface area contributed by atoms with Crippen LogP contribution in [0, 0.1) is 28.6 Å². The van der Waals surface area contributed by atoms with Crippen LogP contribution in [0.15, 0.2) is 0 Å². The molecule has 2 aliphatic rings. The average Bonchev–Trinajstić information content (AvgIpc) is 2.50. The Labute approximate surface area is 150 Å². The molecule has 2 nitrogen and oxygen atoms in total. The Kier molecular flexibility index (Phi) is 5.77. The summed E-state index contributed by atoms with van der Waals surface area (Å²) in [7, 11) is 0. The first-order valence-corrected chi connectivity index (χ1v) is 10.4. The topological polar surface area (TPSA) is 26.3 Å². The van der Waals surface area contributed by atoms with Crippen LogP contribution in [0.5, 0.6) is 0 Å². The Morgan fingerprint density at radius 2 is 1.46 bits per heavy atom. The number of esters is 1. The van der Waals surface area contributed by atoms with E-state index in [9.17, 15) is 4.79 Å². The van der Waals surface area contributed by atoms with Crippen LogP contribution in [-0.2, 0) is 9.53 Å². The van der Waals surface area contributed by atoms with Gasteiger partial charge in [0.1, 0.15) is 5.60 Å². The van der Waals surface area contributed by atoms with Crippen molar-refractivity contribution in [2.45, 2.75) is 105 Å². The monoisotopic (exact) mass is 336 g/mol. The summed E-state index contributed by atoms with van der Waals surface area (Å²) in [6.07, 6.45) is 9.18.